The van der Waals surface area contributed by atoms with E-state index in [0.29, 0.717) is 25.3 Å². The van der Waals surface area contributed by atoms with Gasteiger partial charge in [0.05, 0.1) is 12.1 Å². The Bertz CT molecular complexity index is 1300. The van der Waals surface area contributed by atoms with Crippen LogP contribution in [-0.4, -0.2) is 22.5 Å². The molecule has 0 saturated heterocycles. The Kier molecular flexibility index (Phi) is 6.35. The summed E-state index contributed by atoms with van der Waals surface area (Å²) in [5.74, 6) is 0.331. The fourth-order valence-corrected chi connectivity index (χ4v) is 4.28. The smallest absolute Gasteiger partial charge is 0.306 e. The first-order valence-corrected chi connectivity index (χ1v) is 11.1. The lowest BCUT2D eigenvalue weighted by Gasteiger charge is -2.13. The lowest BCUT2D eigenvalue weighted by atomic mass is 9.95. The molecule has 32 heavy (non-hydrogen) atoms. The number of nitrogens with two attached hydrogens (primary N) is 1. The molecule has 0 radical (unpaired) electrons. The van der Waals surface area contributed by atoms with E-state index in [0.717, 1.165) is 45.8 Å². The Labute approximate surface area is 188 Å². The standard InChI is InChI=1S/C27H29N3O2/c1-4-32-24(31)12-7-19-6-8-20(18(3)16-19)9-10-21-13-14-29-26-25(21)22-11-5-17(2)15-23(22)30-27(26)28/h5-6,8,11,13-16H,4,7,9-10,12H2,1-3H3,(H2,28,30). The van der Waals surface area contributed by atoms with Crippen LogP contribution in [-0.2, 0) is 28.8 Å². The molecule has 4 aromatic rings. The molecular weight excluding hydrogens is 398 g/mol. The van der Waals surface area contributed by atoms with Crippen molar-refractivity contribution in [2.45, 2.75) is 46.5 Å². The first-order valence-electron chi connectivity index (χ1n) is 11.1. The van der Waals surface area contributed by atoms with Crippen molar-refractivity contribution in [2.24, 2.45) is 0 Å². The summed E-state index contributed by atoms with van der Waals surface area (Å²) in [7, 11) is 0. The van der Waals surface area contributed by atoms with Crippen molar-refractivity contribution < 1.29 is 9.53 Å². The number of fused-ring (bicyclic) bond motifs is 3. The van der Waals surface area contributed by atoms with Crippen molar-refractivity contribution in [3.05, 3.63) is 76.5 Å². The number of esters is 1. The van der Waals surface area contributed by atoms with E-state index in [9.17, 15) is 4.79 Å². The number of carbonyl (C=O) groups is 1. The number of aryl methyl sites for hydroxylation is 5. The van der Waals surface area contributed by atoms with Crippen LogP contribution in [0.3, 0.4) is 0 Å². The molecule has 0 bridgehead atoms. The molecule has 0 aliphatic heterocycles. The predicted octanol–water partition coefficient (Wildman–Crippen LogP) is 5.26. The van der Waals surface area contributed by atoms with Crippen molar-refractivity contribution in [3.63, 3.8) is 0 Å². The Morgan fingerprint density at radius 3 is 2.59 bits per heavy atom. The number of hydrogen-bond acceptors (Lipinski definition) is 5. The van der Waals surface area contributed by atoms with Gasteiger partial charge in [0.25, 0.3) is 0 Å². The van der Waals surface area contributed by atoms with Crippen molar-refractivity contribution >= 4 is 33.6 Å². The van der Waals surface area contributed by atoms with Gasteiger partial charge in [-0.1, -0.05) is 30.3 Å². The SMILES string of the molecule is CCOC(=O)CCc1ccc(CCc2ccnc3c(N)nc4cc(C)ccc4c23)c(C)c1. The lowest BCUT2D eigenvalue weighted by Crippen LogP contribution is -2.05. The summed E-state index contributed by atoms with van der Waals surface area (Å²) >= 11 is 0. The average Bonchev–Trinajstić information content (AvgIpc) is 2.77. The summed E-state index contributed by atoms with van der Waals surface area (Å²) in [6.45, 7) is 6.45. The van der Waals surface area contributed by atoms with Gasteiger partial charge >= 0.3 is 5.97 Å². The minimum atomic E-state index is -0.144. The van der Waals surface area contributed by atoms with E-state index in [1.807, 2.05) is 13.1 Å². The van der Waals surface area contributed by atoms with Gasteiger partial charge in [-0.15, -0.1) is 0 Å². The van der Waals surface area contributed by atoms with Gasteiger partial charge < -0.3 is 10.5 Å². The average molecular weight is 428 g/mol. The van der Waals surface area contributed by atoms with Crippen LogP contribution in [0.5, 0.6) is 0 Å². The summed E-state index contributed by atoms with van der Waals surface area (Å²) in [4.78, 5) is 20.7. The maximum atomic E-state index is 11.6. The van der Waals surface area contributed by atoms with Crippen LogP contribution in [0.25, 0.3) is 21.8 Å². The summed E-state index contributed by atoms with van der Waals surface area (Å²) in [6, 6.07) is 14.9. The third-order valence-corrected chi connectivity index (χ3v) is 5.94. The number of anilines is 1. The van der Waals surface area contributed by atoms with Crippen molar-refractivity contribution in [3.8, 4) is 0 Å². The van der Waals surface area contributed by atoms with Crippen LogP contribution >= 0.6 is 0 Å². The Morgan fingerprint density at radius 2 is 1.81 bits per heavy atom. The highest BCUT2D eigenvalue weighted by Gasteiger charge is 2.12. The molecule has 5 heteroatoms. The monoisotopic (exact) mass is 427 g/mol. The number of carbonyl (C=O) groups excluding carboxylic acids is 1. The molecule has 2 aromatic heterocycles. The van der Waals surface area contributed by atoms with Gasteiger partial charge in [-0.3, -0.25) is 9.78 Å². The van der Waals surface area contributed by atoms with E-state index >= 15 is 0 Å². The molecule has 2 heterocycles. The second-order valence-corrected chi connectivity index (χ2v) is 8.28. The number of hydrogen-bond donors (Lipinski definition) is 1. The molecule has 0 aliphatic rings. The lowest BCUT2D eigenvalue weighted by molar-refractivity contribution is -0.143. The minimum Gasteiger partial charge on any atom is -0.466 e. The highest BCUT2D eigenvalue weighted by molar-refractivity contribution is 6.09. The molecule has 2 N–H and O–H groups in total. The van der Waals surface area contributed by atoms with Crippen LogP contribution in [0.1, 0.15) is 41.2 Å². The van der Waals surface area contributed by atoms with Gasteiger partial charge in [-0.25, -0.2) is 4.98 Å². The number of benzene rings is 2. The molecule has 0 unspecified atom stereocenters. The van der Waals surface area contributed by atoms with Gasteiger partial charge in [0, 0.05) is 23.4 Å². The van der Waals surface area contributed by atoms with Crippen LogP contribution in [0.2, 0.25) is 0 Å². The van der Waals surface area contributed by atoms with E-state index in [1.54, 1.807) is 0 Å². The second kappa shape index (κ2) is 9.35. The number of nitrogens with zero attached hydrogens (tertiary/aromatic N) is 2. The predicted molar refractivity (Wildman–Crippen MR) is 130 cm³/mol. The van der Waals surface area contributed by atoms with Crippen LogP contribution < -0.4 is 5.73 Å². The molecule has 4 rings (SSSR count). The maximum absolute atomic E-state index is 11.6. The highest BCUT2D eigenvalue weighted by Crippen LogP contribution is 2.30. The molecule has 5 nitrogen and oxygen atoms in total. The molecule has 0 atom stereocenters. The number of pyridine rings is 2. The molecular formula is C27H29N3O2. The zero-order valence-electron chi connectivity index (χ0n) is 18.9. The topological polar surface area (TPSA) is 78.1 Å². The molecule has 0 amide bonds. The van der Waals surface area contributed by atoms with Crippen LogP contribution in [0.15, 0.2) is 48.7 Å². The minimum absolute atomic E-state index is 0.144. The highest BCUT2D eigenvalue weighted by atomic mass is 16.5. The van der Waals surface area contributed by atoms with Crippen molar-refractivity contribution in [1.82, 2.24) is 9.97 Å². The maximum Gasteiger partial charge on any atom is 0.306 e. The van der Waals surface area contributed by atoms with E-state index in [4.69, 9.17) is 10.5 Å². The largest absolute Gasteiger partial charge is 0.466 e. The summed E-state index contributed by atoms with van der Waals surface area (Å²) in [6.07, 6.45) is 4.73. The number of aromatic nitrogens is 2. The second-order valence-electron chi connectivity index (χ2n) is 8.28. The Balaban J connectivity index is 1.58. The first-order chi connectivity index (χ1) is 15.5. The van der Waals surface area contributed by atoms with Crippen LogP contribution in [0, 0.1) is 13.8 Å². The normalized spacial score (nSPS) is 11.2. The summed E-state index contributed by atoms with van der Waals surface area (Å²) in [5.41, 5.74) is 14.0. The van der Waals surface area contributed by atoms with Crippen LogP contribution in [0.4, 0.5) is 5.82 Å². The zero-order valence-corrected chi connectivity index (χ0v) is 18.9. The van der Waals surface area contributed by atoms with E-state index in [2.05, 4.69) is 66.3 Å². The van der Waals surface area contributed by atoms with E-state index in [-0.39, 0.29) is 5.97 Å². The number of rotatable bonds is 7. The quantitative estimate of drug-likeness (QED) is 0.321. The zero-order chi connectivity index (χ0) is 22.7. The molecule has 0 saturated carbocycles. The van der Waals surface area contributed by atoms with Crippen molar-refractivity contribution in [2.75, 3.05) is 12.3 Å². The van der Waals surface area contributed by atoms with Gasteiger partial charge in [-0.2, -0.15) is 0 Å². The molecule has 0 aliphatic carbocycles. The molecule has 2 aromatic carbocycles. The number of ether oxygens (including phenoxy) is 1. The third-order valence-electron chi connectivity index (χ3n) is 5.94. The fourth-order valence-electron chi connectivity index (χ4n) is 4.28. The van der Waals surface area contributed by atoms with Gasteiger partial charge in [0.1, 0.15) is 5.52 Å². The first kappa shape index (κ1) is 21.8. The summed E-state index contributed by atoms with van der Waals surface area (Å²) in [5, 5.41) is 2.19. The summed E-state index contributed by atoms with van der Waals surface area (Å²) < 4.78 is 5.03. The fraction of sp³-hybridized carbons (Fsp3) is 0.296. The third kappa shape index (κ3) is 4.57. The molecule has 0 fully saturated rings. The molecule has 164 valence electrons. The van der Waals surface area contributed by atoms with Gasteiger partial charge in [0.15, 0.2) is 5.82 Å². The molecule has 0 spiro atoms. The van der Waals surface area contributed by atoms with Crippen molar-refractivity contribution in [1.29, 1.82) is 0 Å². The van der Waals surface area contributed by atoms with Gasteiger partial charge in [0.2, 0.25) is 0 Å². The van der Waals surface area contributed by atoms with Gasteiger partial charge in [-0.05, 0) is 80.0 Å². The Hall–Kier alpha value is -3.47. The van der Waals surface area contributed by atoms with E-state index in [1.165, 1.54) is 16.7 Å². The van der Waals surface area contributed by atoms with E-state index < -0.39 is 0 Å². The number of nitrogen functional groups attached to an aromatic ring is 1. The Morgan fingerprint density at radius 1 is 1.00 bits per heavy atom.